The summed E-state index contributed by atoms with van der Waals surface area (Å²) in [4.78, 5) is 12.8. The van der Waals surface area contributed by atoms with E-state index >= 15 is 0 Å². The Morgan fingerprint density at radius 1 is 1.77 bits per heavy atom. The van der Waals surface area contributed by atoms with Crippen molar-refractivity contribution in [3.63, 3.8) is 0 Å². The van der Waals surface area contributed by atoms with E-state index in [-0.39, 0.29) is 12.3 Å². The zero-order valence-corrected chi connectivity index (χ0v) is 7.01. The minimum absolute atomic E-state index is 0.0319. The molecule has 5 heteroatoms. The molecule has 1 saturated heterocycles. The molecule has 1 N–H and O–H groups in total. The predicted molar refractivity (Wildman–Crippen MR) is 42.5 cm³/mol. The number of aliphatic hydroxyl groups excluding tert-OH is 1. The van der Waals surface area contributed by atoms with Gasteiger partial charge in [0.25, 0.3) is 0 Å². The summed E-state index contributed by atoms with van der Waals surface area (Å²) in [6.07, 6.45) is 1.16. The van der Waals surface area contributed by atoms with Crippen LogP contribution < -0.4 is 0 Å². The molecule has 2 rings (SSSR count). The van der Waals surface area contributed by atoms with E-state index in [2.05, 4.69) is 9.68 Å². The van der Waals surface area contributed by atoms with Crippen LogP contribution in [0.25, 0.3) is 0 Å². The SMILES string of the molecule is O=C1CC(O)CN1Cc1ccon1. The van der Waals surface area contributed by atoms with Gasteiger partial charge in [0.2, 0.25) is 5.91 Å². The molecule has 1 amide bonds. The zero-order chi connectivity index (χ0) is 9.26. The van der Waals surface area contributed by atoms with Gasteiger partial charge in [-0.15, -0.1) is 0 Å². The molecule has 70 valence electrons. The summed E-state index contributed by atoms with van der Waals surface area (Å²) in [7, 11) is 0. The van der Waals surface area contributed by atoms with Crippen molar-refractivity contribution >= 4 is 5.91 Å². The number of hydrogen-bond donors (Lipinski definition) is 1. The monoisotopic (exact) mass is 182 g/mol. The second-order valence-electron chi connectivity index (χ2n) is 3.12. The van der Waals surface area contributed by atoms with E-state index in [1.165, 1.54) is 6.26 Å². The lowest BCUT2D eigenvalue weighted by Gasteiger charge is -2.12. The molecule has 1 aromatic heterocycles. The summed E-state index contributed by atoms with van der Waals surface area (Å²) in [5.41, 5.74) is 0.711. The average molecular weight is 182 g/mol. The Bertz CT molecular complexity index is 296. The number of rotatable bonds is 2. The van der Waals surface area contributed by atoms with Crippen LogP contribution in [-0.4, -0.2) is 33.7 Å². The molecule has 1 unspecified atom stereocenters. The standard InChI is InChI=1S/C8H10N2O3/c11-7-3-8(12)10(5-7)4-6-1-2-13-9-6/h1-2,7,11H,3-5H2. The first-order chi connectivity index (χ1) is 6.25. The van der Waals surface area contributed by atoms with Gasteiger partial charge in [-0.2, -0.15) is 0 Å². The van der Waals surface area contributed by atoms with Gasteiger partial charge < -0.3 is 14.5 Å². The maximum atomic E-state index is 11.2. The predicted octanol–water partition coefficient (Wildman–Crippen LogP) is -0.232. The van der Waals surface area contributed by atoms with Crippen molar-refractivity contribution in [3.8, 4) is 0 Å². The van der Waals surface area contributed by atoms with Gasteiger partial charge in [-0.25, -0.2) is 0 Å². The zero-order valence-electron chi connectivity index (χ0n) is 7.01. The van der Waals surface area contributed by atoms with Gasteiger partial charge in [0.1, 0.15) is 12.0 Å². The van der Waals surface area contributed by atoms with Gasteiger partial charge in [0, 0.05) is 12.6 Å². The third-order valence-electron chi connectivity index (χ3n) is 2.04. The van der Waals surface area contributed by atoms with Crippen LogP contribution in [0.1, 0.15) is 12.1 Å². The van der Waals surface area contributed by atoms with Crippen LogP contribution in [0.15, 0.2) is 16.9 Å². The average Bonchev–Trinajstić information content (AvgIpc) is 2.63. The van der Waals surface area contributed by atoms with Crippen molar-refractivity contribution in [2.75, 3.05) is 6.54 Å². The van der Waals surface area contributed by atoms with Crippen molar-refractivity contribution < 1.29 is 14.4 Å². The van der Waals surface area contributed by atoms with E-state index in [0.29, 0.717) is 18.8 Å². The molecule has 5 nitrogen and oxygen atoms in total. The molecular formula is C8H10N2O3. The Balaban J connectivity index is 1.99. The molecule has 2 heterocycles. The number of aliphatic hydroxyl groups is 1. The molecule has 1 aromatic rings. The van der Waals surface area contributed by atoms with E-state index in [1.54, 1.807) is 11.0 Å². The third kappa shape index (κ3) is 1.70. The smallest absolute Gasteiger partial charge is 0.225 e. The highest BCUT2D eigenvalue weighted by molar-refractivity contribution is 5.78. The van der Waals surface area contributed by atoms with Crippen molar-refractivity contribution in [2.45, 2.75) is 19.1 Å². The van der Waals surface area contributed by atoms with Gasteiger partial charge in [-0.05, 0) is 0 Å². The molecule has 1 aliphatic heterocycles. The first kappa shape index (κ1) is 8.25. The van der Waals surface area contributed by atoms with E-state index in [9.17, 15) is 9.90 Å². The lowest BCUT2D eigenvalue weighted by Crippen LogP contribution is -2.25. The van der Waals surface area contributed by atoms with Crippen molar-refractivity contribution in [2.24, 2.45) is 0 Å². The van der Waals surface area contributed by atoms with E-state index in [1.807, 2.05) is 0 Å². The van der Waals surface area contributed by atoms with Gasteiger partial charge >= 0.3 is 0 Å². The number of nitrogens with zero attached hydrogens (tertiary/aromatic N) is 2. The maximum absolute atomic E-state index is 11.2. The first-order valence-corrected chi connectivity index (χ1v) is 4.11. The van der Waals surface area contributed by atoms with Crippen molar-refractivity contribution in [3.05, 3.63) is 18.0 Å². The molecule has 0 radical (unpaired) electrons. The molecule has 0 aromatic carbocycles. The summed E-state index contributed by atoms with van der Waals surface area (Å²) >= 11 is 0. The molecule has 0 aliphatic carbocycles. The molecule has 0 spiro atoms. The minimum atomic E-state index is -0.528. The highest BCUT2D eigenvalue weighted by atomic mass is 16.5. The fourth-order valence-corrected chi connectivity index (χ4v) is 1.42. The van der Waals surface area contributed by atoms with Crippen LogP contribution in [0, 0.1) is 0 Å². The van der Waals surface area contributed by atoms with Gasteiger partial charge in [-0.3, -0.25) is 4.79 Å². The number of carbonyl (C=O) groups is 1. The van der Waals surface area contributed by atoms with Crippen LogP contribution in [0.5, 0.6) is 0 Å². The van der Waals surface area contributed by atoms with Crippen LogP contribution in [0.3, 0.4) is 0 Å². The van der Waals surface area contributed by atoms with Crippen molar-refractivity contribution in [1.29, 1.82) is 0 Å². The number of β-amino-alcohol motifs (C(OH)–C–C–N with tert-alkyl or cyclic N) is 1. The molecule has 13 heavy (non-hydrogen) atoms. The highest BCUT2D eigenvalue weighted by Gasteiger charge is 2.28. The van der Waals surface area contributed by atoms with Gasteiger partial charge in [0.15, 0.2) is 0 Å². The van der Waals surface area contributed by atoms with Crippen molar-refractivity contribution in [1.82, 2.24) is 10.1 Å². The van der Waals surface area contributed by atoms with E-state index in [4.69, 9.17) is 0 Å². The lowest BCUT2D eigenvalue weighted by molar-refractivity contribution is -0.128. The minimum Gasteiger partial charge on any atom is -0.391 e. The van der Waals surface area contributed by atoms with E-state index < -0.39 is 6.10 Å². The van der Waals surface area contributed by atoms with Gasteiger partial charge in [-0.1, -0.05) is 5.16 Å². The Hall–Kier alpha value is -1.36. The number of amides is 1. The van der Waals surface area contributed by atoms with Crippen LogP contribution in [0.2, 0.25) is 0 Å². The molecule has 1 fully saturated rings. The number of likely N-dealkylation sites (tertiary alicyclic amines) is 1. The third-order valence-corrected chi connectivity index (χ3v) is 2.04. The molecule has 1 aliphatic rings. The molecular weight excluding hydrogens is 172 g/mol. The second-order valence-corrected chi connectivity index (χ2v) is 3.12. The summed E-state index contributed by atoms with van der Waals surface area (Å²) in [6.45, 7) is 0.818. The fraction of sp³-hybridized carbons (Fsp3) is 0.500. The van der Waals surface area contributed by atoms with Crippen LogP contribution in [0.4, 0.5) is 0 Å². The van der Waals surface area contributed by atoms with E-state index in [0.717, 1.165) is 0 Å². The number of hydrogen-bond acceptors (Lipinski definition) is 4. The summed E-state index contributed by atoms with van der Waals surface area (Å²) < 4.78 is 4.64. The number of carbonyl (C=O) groups excluding carboxylic acids is 1. The Morgan fingerprint density at radius 2 is 2.62 bits per heavy atom. The topological polar surface area (TPSA) is 66.6 Å². The molecule has 0 saturated carbocycles. The summed E-state index contributed by atoms with van der Waals surface area (Å²) in [5, 5.41) is 12.9. The Kier molecular flexibility index (Phi) is 2.02. The largest absolute Gasteiger partial charge is 0.391 e. The van der Waals surface area contributed by atoms with Gasteiger partial charge in [0.05, 0.1) is 19.1 Å². The Morgan fingerprint density at radius 3 is 3.15 bits per heavy atom. The molecule has 0 bridgehead atoms. The molecule has 1 atom stereocenters. The summed E-state index contributed by atoms with van der Waals surface area (Å²) in [6, 6.07) is 1.71. The summed E-state index contributed by atoms with van der Waals surface area (Å²) in [5.74, 6) is -0.0319. The lowest BCUT2D eigenvalue weighted by atomic mass is 10.3. The Labute approximate surface area is 74.9 Å². The van der Waals surface area contributed by atoms with Crippen LogP contribution >= 0.6 is 0 Å². The second kappa shape index (κ2) is 3.18. The highest BCUT2D eigenvalue weighted by Crippen LogP contribution is 2.13. The normalized spacial score (nSPS) is 22.7. The first-order valence-electron chi connectivity index (χ1n) is 4.11. The quantitative estimate of drug-likeness (QED) is 0.686. The number of aromatic nitrogens is 1. The van der Waals surface area contributed by atoms with Crippen LogP contribution in [-0.2, 0) is 11.3 Å². The fourth-order valence-electron chi connectivity index (χ4n) is 1.42. The maximum Gasteiger partial charge on any atom is 0.225 e.